The lowest BCUT2D eigenvalue weighted by atomic mass is 10.2. The lowest BCUT2D eigenvalue weighted by Crippen LogP contribution is -2.12. The van der Waals surface area contributed by atoms with Crippen molar-refractivity contribution in [1.29, 1.82) is 0 Å². The molecule has 0 saturated carbocycles. The average molecular weight is 98.1 g/mol. The fourth-order valence-corrected chi connectivity index (χ4v) is 0.307. The zero-order valence-electron chi connectivity index (χ0n) is 3.85. The minimum absolute atomic E-state index is 0.0521. The van der Waals surface area contributed by atoms with Crippen LogP contribution in [0.3, 0.4) is 0 Å². The van der Waals surface area contributed by atoms with Gasteiger partial charge >= 0.3 is 0 Å². The Morgan fingerprint density at radius 2 is 2.57 bits per heavy atom. The summed E-state index contributed by atoms with van der Waals surface area (Å²) in [6.45, 7) is 0.462. The van der Waals surface area contributed by atoms with Crippen molar-refractivity contribution >= 4 is 0 Å². The van der Waals surface area contributed by atoms with Crippen LogP contribution in [0.15, 0.2) is 0 Å². The normalized spacial score (nSPS) is 37.1. The Labute approximate surface area is 42.1 Å². The highest BCUT2D eigenvalue weighted by molar-refractivity contribution is 5.16. The zero-order chi connectivity index (χ0) is 5.33. The predicted octanol–water partition coefficient (Wildman–Crippen LogP) is -0.619. The standard InChI is InChI=1S/C5H6O2/c1-2-5(3-6)4-7-5/h1,6H,3-4H2. The maximum absolute atomic E-state index is 8.39. The molecule has 0 radical (unpaired) electrons. The van der Waals surface area contributed by atoms with E-state index in [1.807, 2.05) is 0 Å². The highest BCUT2D eigenvalue weighted by atomic mass is 16.6. The van der Waals surface area contributed by atoms with Crippen LogP contribution in [0.5, 0.6) is 0 Å². The van der Waals surface area contributed by atoms with Crippen molar-refractivity contribution in [2.75, 3.05) is 13.2 Å². The first kappa shape index (κ1) is 4.63. The quantitative estimate of drug-likeness (QED) is 0.350. The van der Waals surface area contributed by atoms with Crippen molar-refractivity contribution < 1.29 is 9.84 Å². The number of aliphatic hydroxyl groups excluding tert-OH is 1. The van der Waals surface area contributed by atoms with Crippen LogP contribution in [0.1, 0.15) is 0 Å². The first-order chi connectivity index (χ1) is 3.33. The Balaban J connectivity index is 2.47. The topological polar surface area (TPSA) is 32.8 Å². The van der Waals surface area contributed by atoms with Crippen LogP contribution in [-0.2, 0) is 4.74 Å². The van der Waals surface area contributed by atoms with E-state index in [0.717, 1.165) is 0 Å². The van der Waals surface area contributed by atoms with Gasteiger partial charge in [-0.25, -0.2) is 0 Å². The lowest BCUT2D eigenvalue weighted by Gasteiger charge is -1.91. The second-order valence-corrected chi connectivity index (χ2v) is 1.59. The number of hydrogen-bond acceptors (Lipinski definition) is 2. The molecule has 0 bridgehead atoms. The first-order valence-corrected chi connectivity index (χ1v) is 2.05. The molecule has 0 aliphatic carbocycles. The Morgan fingerprint density at radius 1 is 2.00 bits per heavy atom. The average Bonchev–Trinajstić information content (AvgIpc) is 2.46. The Bertz CT molecular complexity index is 108. The van der Waals surface area contributed by atoms with E-state index in [1.54, 1.807) is 0 Å². The van der Waals surface area contributed by atoms with Crippen LogP contribution in [-0.4, -0.2) is 23.9 Å². The number of aliphatic hydroxyl groups is 1. The SMILES string of the molecule is C#CC1(CO)CO1. The fraction of sp³-hybridized carbons (Fsp3) is 0.600. The van der Waals surface area contributed by atoms with E-state index >= 15 is 0 Å². The Kier molecular flexibility index (Phi) is 0.810. The Morgan fingerprint density at radius 3 is 2.57 bits per heavy atom. The molecule has 1 heterocycles. The van der Waals surface area contributed by atoms with Crippen molar-refractivity contribution in [2.24, 2.45) is 0 Å². The van der Waals surface area contributed by atoms with E-state index in [1.165, 1.54) is 0 Å². The van der Waals surface area contributed by atoms with Crippen molar-refractivity contribution in [3.05, 3.63) is 0 Å². The second kappa shape index (κ2) is 1.22. The second-order valence-electron chi connectivity index (χ2n) is 1.59. The van der Waals surface area contributed by atoms with Crippen molar-refractivity contribution in [3.8, 4) is 12.3 Å². The van der Waals surface area contributed by atoms with Gasteiger partial charge in [-0.15, -0.1) is 6.42 Å². The third-order valence-electron chi connectivity index (χ3n) is 1.01. The molecule has 0 aromatic rings. The maximum atomic E-state index is 8.39. The molecule has 0 aromatic carbocycles. The Hall–Kier alpha value is -0.520. The molecule has 1 aliphatic heterocycles. The van der Waals surface area contributed by atoms with Gasteiger partial charge in [0.1, 0.15) is 0 Å². The van der Waals surface area contributed by atoms with E-state index < -0.39 is 5.60 Å². The summed E-state index contributed by atoms with van der Waals surface area (Å²) in [5.74, 6) is 2.33. The summed E-state index contributed by atoms with van der Waals surface area (Å²) in [7, 11) is 0. The van der Waals surface area contributed by atoms with Crippen LogP contribution in [0.25, 0.3) is 0 Å². The van der Waals surface area contributed by atoms with E-state index in [4.69, 9.17) is 16.3 Å². The van der Waals surface area contributed by atoms with Crippen molar-refractivity contribution in [2.45, 2.75) is 5.60 Å². The van der Waals surface area contributed by atoms with E-state index in [-0.39, 0.29) is 6.61 Å². The number of rotatable bonds is 1. The van der Waals surface area contributed by atoms with Gasteiger partial charge in [0.15, 0.2) is 5.60 Å². The summed E-state index contributed by atoms with van der Waals surface area (Å²) in [6.07, 6.45) is 4.94. The maximum Gasteiger partial charge on any atom is 0.174 e. The zero-order valence-corrected chi connectivity index (χ0v) is 3.85. The molecule has 7 heavy (non-hydrogen) atoms. The first-order valence-electron chi connectivity index (χ1n) is 2.05. The fourth-order valence-electron chi connectivity index (χ4n) is 0.307. The van der Waals surface area contributed by atoms with Gasteiger partial charge in [-0.3, -0.25) is 0 Å². The summed E-state index contributed by atoms with van der Waals surface area (Å²) in [5, 5.41) is 8.39. The van der Waals surface area contributed by atoms with Gasteiger partial charge in [-0.1, -0.05) is 5.92 Å². The van der Waals surface area contributed by atoms with Gasteiger partial charge in [0, 0.05) is 0 Å². The van der Waals surface area contributed by atoms with Gasteiger partial charge in [0.05, 0.1) is 13.2 Å². The highest BCUT2D eigenvalue weighted by Crippen LogP contribution is 2.23. The molecule has 38 valence electrons. The van der Waals surface area contributed by atoms with Crippen LogP contribution in [0, 0.1) is 12.3 Å². The molecule has 1 atom stereocenters. The molecule has 2 heteroatoms. The molecule has 1 fully saturated rings. The molecule has 0 aromatic heterocycles. The van der Waals surface area contributed by atoms with Gasteiger partial charge in [0.25, 0.3) is 0 Å². The van der Waals surface area contributed by atoms with Crippen LogP contribution in [0.4, 0.5) is 0 Å². The molecule has 0 spiro atoms. The molecular weight excluding hydrogens is 92.1 g/mol. The molecule has 0 amide bonds. The van der Waals surface area contributed by atoms with Gasteiger partial charge in [0.2, 0.25) is 0 Å². The molecule has 1 N–H and O–H groups in total. The monoisotopic (exact) mass is 98.0 g/mol. The molecule has 2 nitrogen and oxygen atoms in total. The summed E-state index contributed by atoms with van der Waals surface area (Å²) < 4.78 is 4.71. The molecule has 1 unspecified atom stereocenters. The number of terminal acetylenes is 1. The number of hydrogen-bond donors (Lipinski definition) is 1. The van der Waals surface area contributed by atoms with E-state index in [0.29, 0.717) is 6.61 Å². The van der Waals surface area contributed by atoms with E-state index in [9.17, 15) is 0 Å². The molecule has 1 rings (SSSR count). The number of ether oxygens (including phenoxy) is 1. The van der Waals surface area contributed by atoms with Gasteiger partial charge in [-0.05, 0) is 0 Å². The van der Waals surface area contributed by atoms with Crippen molar-refractivity contribution in [1.82, 2.24) is 0 Å². The molecule has 1 aliphatic rings. The third kappa shape index (κ3) is 0.604. The summed E-state index contributed by atoms with van der Waals surface area (Å²) in [6, 6.07) is 0. The number of epoxide rings is 1. The van der Waals surface area contributed by atoms with Crippen LogP contribution >= 0.6 is 0 Å². The minimum atomic E-state index is -0.583. The van der Waals surface area contributed by atoms with Gasteiger partial charge < -0.3 is 9.84 Å². The summed E-state index contributed by atoms with van der Waals surface area (Å²) in [5.41, 5.74) is -0.583. The third-order valence-corrected chi connectivity index (χ3v) is 1.01. The van der Waals surface area contributed by atoms with Crippen molar-refractivity contribution in [3.63, 3.8) is 0 Å². The van der Waals surface area contributed by atoms with E-state index in [2.05, 4.69) is 5.92 Å². The lowest BCUT2D eigenvalue weighted by molar-refractivity contribution is 0.209. The summed E-state index contributed by atoms with van der Waals surface area (Å²) >= 11 is 0. The molecule has 1 saturated heterocycles. The minimum Gasteiger partial charge on any atom is -0.392 e. The summed E-state index contributed by atoms with van der Waals surface area (Å²) in [4.78, 5) is 0. The highest BCUT2D eigenvalue weighted by Gasteiger charge is 2.42. The van der Waals surface area contributed by atoms with Crippen LogP contribution in [0.2, 0.25) is 0 Å². The van der Waals surface area contributed by atoms with Gasteiger partial charge in [-0.2, -0.15) is 0 Å². The largest absolute Gasteiger partial charge is 0.392 e. The van der Waals surface area contributed by atoms with Crippen LogP contribution < -0.4 is 0 Å². The molecular formula is C5H6O2. The predicted molar refractivity (Wildman–Crippen MR) is 24.6 cm³/mol. The smallest absolute Gasteiger partial charge is 0.174 e.